The van der Waals surface area contributed by atoms with Crippen LogP contribution in [0.3, 0.4) is 0 Å². The van der Waals surface area contributed by atoms with Crippen molar-refractivity contribution in [1.82, 2.24) is 9.29 Å². The monoisotopic (exact) mass is 496 g/mol. The number of amides is 2. The largest absolute Gasteiger partial charge is 0.379 e. The van der Waals surface area contributed by atoms with Gasteiger partial charge >= 0.3 is 0 Å². The van der Waals surface area contributed by atoms with Crippen LogP contribution in [0.1, 0.15) is 33.6 Å². The number of carbonyl (C=O) groups excluding carboxylic acids is 2. The lowest BCUT2D eigenvalue weighted by Gasteiger charge is -2.25. The van der Waals surface area contributed by atoms with Gasteiger partial charge in [0.25, 0.3) is 5.91 Å². The van der Waals surface area contributed by atoms with Gasteiger partial charge < -0.3 is 15.8 Å². The molecule has 0 atom stereocenters. The first-order valence-corrected chi connectivity index (χ1v) is 13.5. The Morgan fingerprint density at radius 3 is 2.66 bits per heavy atom. The van der Waals surface area contributed by atoms with E-state index in [4.69, 9.17) is 10.5 Å². The van der Waals surface area contributed by atoms with Crippen molar-refractivity contribution in [2.24, 2.45) is 5.73 Å². The van der Waals surface area contributed by atoms with Gasteiger partial charge in [-0.05, 0) is 43.4 Å². The van der Waals surface area contributed by atoms with Crippen LogP contribution in [0.2, 0.25) is 0 Å². The van der Waals surface area contributed by atoms with E-state index in [9.17, 15) is 18.0 Å². The molecule has 4 rings (SSSR count). The van der Waals surface area contributed by atoms with Crippen LogP contribution in [0.25, 0.3) is 0 Å². The zero-order valence-electron chi connectivity index (χ0n) is 17.3. The molecule has 172 valence electrons. The Balaban J connectivity index is 1.38. The highest BCUT2D eigenvalue weighted by atomic mass is 32.2. The highest BCUT2D eigenvalue weighted by Gasteiger charge is 2.27. The average molecular weight is 497 g/mol. The summed E-state index contributed by atoms with van der Waals surface area (Å²) >= 11 is 2.61. The van der Waals surface area contributed by atoms with Crippen molar-refractivity contribution in [3.63, 3.8) is 0 Å². The van der Waals surface area contributed by atoms with E-state index >= 15 is 0 Å². The second-order valence-electron chi connectivity index (χ2n) is 7.46. The molecule has 0 saturated carbocycles. The number of ether oxygens (including phenoxy) is 1. The fourth-order valence-corrected chi connectivity index (χ4v) is 7.06. The molecular formula is C20H24N4O5S3. The van der Waals surface area contributed by atoms with Gasteiger partial charge in [0, 0.05) is 24.2 Å². The van der Waals surface area contributed by atoms with Gasteiger partial charge in [0.05, 0.1) is 29.6 Å². The summed E-state index contributed by atoms with van der Waals surface area (Å²) in [6.07, 6.45) is 5.09. The van der Waals surface area contributed by atoms with Gasteiger partial charge in [0.15, 0.2) is 0 Å². The lowest BCUT2D eigenvalue weighted by Crippen LogP contribution is -2.40. The Kier molecular flexibility index (Phi) is 7.15. The van der Waals surface area contributed by atoms with Gasteiger partial charge in [0.1, 0.15) is 9.90 Å². The summed E-state index contributed by atoms with van der Waals surface area (Å²) in [5.41, 5.74) is 6.97. The number of primary amides is 1. The minimum atomic E-state index is -3.61. The summed E-state index contributed by atoms with van der Waals surface area (Å²) in [4.78, 5) is 29.9. The smallest absolute Gasteiger partial charge is 0.251 e. The molecular weight excluding hydrogens is 472 g/mol. The van der Waals surface area contributed by atoms with Crippen LogP contribution in [0.4, 0.5) is 5.00 Å². The number of anilines is 1. The van der Waals surface area contributed by atoms with E-state index in [-0.39, 0.29) is 16.6 Å². The van der Waals surface area contributed by atoms with Crippen LogP contribution < -0.4 is 11.1 Å². The zero-order valence-corrected chi connectivity index (χ0v) is 19.8. The normalized spacial score (nSPS) is 17.0. The molecule has 3 heterocycles. The summed E-state index contributed by atoms with van der Waals surface area (Å²) in [5.74, 6) is -0.724. The fraction of sp³-hybridized carbons (Fsp3) is 0.450. The molecule has 1 aliphatic carbocycles. The SMILES string of the molecule is NC(=O)c1c(NC(=O)CSc2ccc(S(=O)(=O)N3CCOCC3)cn2)sc2c1CCCC2. The molecule has 0 bridgehead atoms. The van der Waals surface area contributed by atoms with Crippen LogP contribution in [0, 0.1) is 0 Å². The lowest BCUT2D eigenvalue weighted by atomic mass is 9.95. The number of fused-ring (bicyclic) bond motifs is 1. The molecule has 9 nitrogen and oxygen atoms in total. The van der Waals surface area contributed by atoms with E-state index in [2.05, 4.69) is 10.3 Å². The van der Waals surface area contributed by atoms with Gasteiger partial charge in [-0.3, -0.25) is 9.59 Å². The molecule has 3 N–H and O–H groups in total. The zero-order chi connectivity index (χ0) is 22.7. The van der Waals surface area contributed by atoms with E-state index in [1.54, 1.807) is 6.07 Å². The lowest BCUT2D eigenvalue weighted by molar-refractivity contribution is -0.113. The number of nitrogens with two attached hydrogens (primary N) is 1. The number of pyridine rings is 1. The molecule has 2 amide bonds. The molecule has 1 fully saturated rings. The molecule has 0 spiro atoms. The fourth-order valence-electron chi connectivity index (χ4n) is 3.76. The highest BCUT2D eigenvalue weighted by molar-refractivity contribution is 7.99. The van der Waals surface area contributed by atoms with Crippen molar-refractivity contribution < 1.29 is 22.7 Å². The van der Waals surface area contributed by atoms with Gasteiger partial charge in [0.2, 0.25) is 15.9 Å². The number of aromatic nitrogens is 1. The van der Waals surface area contributed by atoms with Crippen molar-refractivity contribution in [3.05, 3.63) is 34.3 Å². The second-order valence-corrected chi connectivity index (χ2v) is 11.5. The van der Waals surface area contributed by atoms with Crippen molar-refractivity contribution in [1.29, 1.82) is 0 Å². The number of aryl methyl sites for hydroxylation is 1. The van der Waals surface area contributed by atoms with Crippen molar-refractivity contribution in [3.8, 4) is 0 Å². The minimum Gasteiger partial charge on any atom is -0.379 e. The molecule has 2 aromatic heterocycles. The Morgan fingerprint density at radius 1 is 1.22 bits per heavy atom. The maximum atomic E-state index is 12.7. The Morgan fingerprint density at radius 2 is 1.97 bits per heavy atom. The molecule has 0 unspecified atom stereocenters. The van der Waals surface area contributed by atoms with Crippen molar-refractivity contribution in [2.45, 2.75) is 35.6 Å². The molecule has 0 radical (unpaired) electrons. The molecule has 0 aromatic carbocycles. The third-order valence-corrected chi connectivity index (χ3v) is 9.37. The summed E-state index contributed by atoms with van der Waals surface area (Å²) < 4.78 is 31.9. The number of nitrogens with one attached hydrogen (secondary N) is 1. The van der Waals surface area contributed by atoms with E-state index in [1.165, 1.54) is 39.7 Å². The molecule has 2 aliphatic rings. The molecule has 1 saturated heterocycles. The number of sulfonamides is 1. The van der Waals surface area contributed by atoms with E-state index in [0.717, 1.165) is 36.1 Å². The van der Waals surface area contributed by atoms with E-state index in [0.29, 0.717) is 41.9 Å². The van der Waals surface area contributed by atoms with Crippen LogP contribution in [-0.2, 0) is 32.4 Å². The van der Waals surface area contributed by atoms with E-state index in [1.807, 2.05) is 0 Å². The average Bonchev–Trinajstić information content (AvgIpc) is 3.16. The van der Waals surface area contributed by atoms with Crippen LogP contribution in [0.5, 0.6) is 0 Å². The number of thioether (sulfide) groups is 1. The number of thiophene rings is 1. The number of hydrogen-bond acceptors (Lipinski definition) is 8. The third kappa shape index (κ3) is 4.99. The predicted molar refractivity (Wildman–Crippen MR) is 123 cm³/mol. The van der Waals surface area contributed by atoms with Crippen LogP contribution in [-0.4, -0.2) is 61.6 Å². The summed E-state index contributed by atoms with van der Waals surface area (Å²) in [7, 11) is -3.61. The Hall–Kier alpha value is -1.99. The van der Waals surface area contributed by atoms with Gasteiger partial charge in [-0.2, -0.15) is 4.31 Å². The third-order valence-electron chi connectivity index (χ3n) is 5.34. The standard InChI is InChI=1S/C20H24N4O5S3/c21-19(26)18-14-3-1-2-4-15(14)31-20(18)23-16(25)12-30-17-6-5-13(11-22-17)32(27,28)24-7-9-29-10-8-24/h5-6,11H,1-4,7-10,12H2,(H2,21,26)(H,23,25). The van der Waals surface area contributed by atoms with Crippen molar-refractivity contribution in [2.75, 3.05) is 37.4 Å². The predicted octanol–water partition coefficient (Wildman–Crippen LogP) is 1.87. The molecule has 1 aliphatic heterocycles. The first-order chi connectivity index (χ1) is 15.4. The minimum absolute atomic E-state index is 0.0727. The van der Waals surface area contributed by atoms with Gasteiger partial charge in [-0.15, -0.1) is 11.3 Å². The second kappa shape index (κ2) is 9.87. The first kappa shape index (κ1) is 23.2. The van der Waals surface area contributed by atoms with Gasteiger partial charge in [-0.1, -0.05) is 11.8 Å². The first-order valence-electron chi connectivity index (χ1n) is 10.3. The maximum Gasteiger partial charge on any atom is 0.251 e. The van der Waals surface area contributed by atoms with Crippen LogP contribution in [0.15, 0.2) is 28.3 Å². The summed E-state index contributed by atoms with van der Waals surface area (Å²) in [6.45, 7) is 1.39. The number of morpholine rings is 1. The molecule has 2 aromatic rings. The topological polar surface area (TPSA) is 132 Å². The number of carbonyl (C=O) groups is 2. The van der Waals surface area contributed by atoms with Crippen LogP contribution >= 0.6 is 23.1 Å². The Bertz CT molecular complexity index is 1110. The Labute approximate surface area is 194 Å². The number of rotatable bonds is 7. The summed E-state index contributed by atoms with van der Waals surface area (Å²) in [5, 5.41) is 3.85. The van der Waals surface area contributed by atoms with Gasteiger partial charge in [-0.25, -0.2) is 13.4 Å². The molecule has 12 heteroatoms. The van der Waals surface area contributed by atoms with Crippen molar-refractivity contribution >= 4 is 49.9 Å². The quantitative estimate of drug-likeness (QED) is 0.559. The van der Waals surface area contributed by atoms with E-state index < -0.39 is 15.9 Å². The summed E-state index contributed by atoms with van der Waals surface area (Å²) in [6, 6.07) is 3.08. The number of hydrogen-bond donors (Lipinski definition) is 2. The number of nitrogens with zero attached hydrogens (tertiary/aromatic N) is 2. The molecule has 32 heavy (non-hydrogen) atoms. The maximum absolute atomic E-state index is 12.7. The highest BCUT2D eigenvalue weighted by Crippen LogP contribution is 2.38.